The predicted molar refractivity (Wildman–Crippen MR) is 51.8 cm³/mol. The molecule has 0 fully saturated rings. The zero-order chi connectivity index (χ0) is 10.6. The maximum atomic E-state index is 11.5. The fraction of sp³-hybridized carbons (Fsp3) is 0.556. The number of aromatic amines is 1. The number of carbonyl (C=O) groups excluding carboxylic acids is 1. The summed E-state index contributed by atoms with van der Waals surface area (Å²) in [5.74, 6) is -0.249. The monoisotopic (exact) mass is 197 g/mol. The summed E-state index contributed by atoms with van der Waals surface area (Å²) in [5.41, 5.74) is -0.166. The first kappa shape index (κ1) is 10.7. The first-order chi connectivity index (χ1) is 6.61. The van der Waals surface area contributed by atoms with Crippen LogP contribution in [0.3, 0.4) is 0 Å². The molecule has 0 saturated heterocycles. The Kier molecular flexibility index (Phi) is 3.24. The van der Waals surface area contributed by atoms with Gasteiger partial charge in [0.25, 0.3) is 5.91 Å². The van der Waals surface area contributed by atoms with E-state index in [9.17, 15) is 4.79 Å². The van der Waals surface area contributed by atoms with Crippen molar-refractivity contribution in [3.63, 3.8) is 0 Å². The second kappa shape index (κ2) is 4.23. The molecule has 14 heavy (non-hydrogen) atoms. The number of carbonyl (C=O) groups is 1. The zero-order valence-corrected chi connectivity index (χ0v) is 8.37. The average Bonchev–Trinajstić information content (AvgIpc) is 2.70. The molecule has 5 heteroatoms. The largest absolute Gasteiger partial charge is 0.394 e. The van der Waals surface area contributed by atoms with Gasteiger partial charge in [-0.05, 0) is 19.4 Å². The number of aliphatic hydroxyl groups excluding tert-OH is 1. The minimum atomic E-state index is -0.567. The molecule has 1 amide bonds. The number of rotatable bonds is 4. The van der Waals surface area contributed by atoms with Crippen LogP contribution in [0.5, 0.6) is 0 Å². The summed E-state index contributed by atoms with van der Waals surface area (Å²) in [6, 6.07) is 1.59. The maximum absolute atomic E-state index is 11.5. The Morgan fingerprint density at radius 2 is 2.50 bits per heavy atom. The summed E-state index contributed by atoms with van der Waals surface area (Å²) in [5, 5.41) is 18.1. The van der Waals surface area contributed by atoms with Gasteiger partial charge in [0.2, 0.25) is 0 Å². The zero-order valence-electron chi connectivity index (χ0n) is 8.37. The third-order valence-corrected chi connectivity index (χ3v) is 2.29. The van der Waals surface area contributed by atoms with E-state index in [4.69, 9.17) is 5.11 Å². The SMILES string of the molecule is CCC(C)(CO)NC(=O)c1ccn[nH]1. The Morgan fingerprint density at radius 3 is 2.93 bits per heavy atom. The molecule has 0 saturated carbocycles. The quantitative estimate of drug-likeness (QED) is 0.649. The molecule has 0 aromatic carbocycles. The number of H-pyrrole nitrogens is 1. The predicted octanol–water partition coefficient (Wildman–Crippen LogP) is 0.300. The molecule has 0 aliphatic heterocycles. The van der Waals surface area contributed by atoms with E-state index in [0.717, 1.165) is 0 Å². The van der Waals surface area contributed by atoms with E-state index in [1.54, 1.807) is 13.0 Å². The normalized spacial score (nSPS) is 14.8. The fourth-order valence-electron chi connectivity index (χ4n) is 0.963. The second-order valence-corrected chi connectivity index (χ2v) is 3.50. The van der Waals surface area contributed by atoms with Gasteiger partial charge in [0.15, 0.2) is 0 Å². The van der Waals surface area contributed by atoms with E-state index in [0.29, 0.717) is 12.1 Å². The third-order valence-electron chi connectivity index (χ3n) is 2.29. The minimum Gasteiger partial charge on any atom is -0.394 e. The number of amides is 1. The van der Waals surface area contributed by atoms with Gasteiger partial charge in [-0.25, -0.2) is 0 Å². The van der Waals surface area contributed by atoms with Crippen molar-refractivity contribution in [3.05, 3.63) is 18.0 Å². The molecule has 0 spiro atoms. The van der Waals surface area contributed by atoms with Crippen LogP contribution in [-0.2, 0) is 0 Å². The Balaban J connectivity index is 2.65. The lowest BCUT2D eigenvalue weighted by Crippen LogP contribution is -2.48. The molecule has 0 radical (unpaired) electrons. The van der Waals surface area contributed by atoms with Gasteiger partial charge in [-0.2, -0.15) is 5.10 Å². The highest BCUT2D eigenvalue weighted by Gasteiger charge is 2.24. The third kappa shape index (κ3) is 2.32. The highest BCUT2D eigenvalue weighted by Crippen LogP contribution is 2.08. The average molecular weight is 197 g/mol. The molecule has 1 aromatic heterocycles. The highest BCUT2D eigenvalue weighted by molar-refractivity contribution is 5.92. The van der Waals surface area contributed by atoms with E-state index in [-0.39, 0.29) is 12.5 Å². The van der Waals surface area contributed by atoms with E-state index >= 15 is 0 Å². The lowest BCUT2D eigenvalue weighted by molar-refractivity contribution is 0.0842. The van der Waals surface area contributed by atoms with Gasteiger partial charge in [-0.3, -0.25) is 9.89 Å². The van der Waals surface area contributed by atoms with Gasteiger partial charge in [-0.1, -0.05) is 6.92 Å². The number of hydrogen-bond donors (Lipinski definition) is 3. The van der Waals surface area contributed by atoms with Crippen molar-refractivity contribution in [1.29, 1.82) is 0 Å². The first-order valence-corrected chi connectivity index (χ1v) is 4.54. The second-order valence-electron chi connectivity index (χ2n) is 3.50. The van der Waals surface area contributed by atoms with E-state index in [1.807, 2.05) is 6.92 Å². The highest BCUT2D eigenvalue weighted by atomic mass is 16.3. The smallest absolute Gasteiger partial charge is 0.269 e. The maximum Gasteiger partial charge on any atom is 0.269 e. The molecule has 0 aliphatic rings. The van der Waals surface area contributed by atoms with Crippen molar-refractivity contribution in [3.8, 4) is 0 Å². The molecular weight excluding hydrogens is 182 g/mol. The van der Waals surface area contributed by atoms with Crippen LogP contribution in [-0.4, -0.2) is 33.4 Å². The van der Waals surface area contributed by atoms with Crippen LogP contribution in [0.25, 0.3) is 0 Å². The first-order valence-electron chi connectivity index (χ1n) is 4.54. The topological polar surface area (TPSA) is 78.0 Å². The molecule has 1 aromatic rings. The molecule has 1 rings (SSSR count). The van der Waals surface area contributed by atoms with Crippen molar-refractivity contribution in [2.24, 2.45) is 0 Å². The van der Waals surface area contributed by atoms with E-state index in [1.165, 1.54) is 6.20 Å². The van der Waals surface area contributed by atoms with Gasteiger partial charge in [0.1, 0.15) is 5.69 Å². The Hall–Kier alpha value is -1.36. The van der Waals surface area contributed by atoms with Crippen molar-refractivity contribution in [1.82, 2.24) is 15.5 Å². The van der Waals surface area contributed by atoms with Gasteiger partial charge in [0.05, 0.1) is 12.1 Å². The summed E-state index contributed by atoms with van der Waals surface area (Å²) in [6.45, 7) is 3.62. The number of nitrogens with zero attached hydrogens (tertiary/aromatic N) is 1. The number of aromatic nitrogens is 2. The standard InChI is InChI=1S/C9H15N3O2/c1-3-9(2,6-13)11-8(14)7-4-5-10-12-7/h4-5,13H,3,6H2,1-2H3,(H,10,12)(H,11,14). The summed E-state index contributed by atoms with van der Waals surface area (Å²) in [6.07, 6.45) is 2.18. The molecule has 78 valence electrons. The van der Waals surface area contributed by atoms with Crippen LogP contribution >= 0.6 is 0 Å². The molecule has 1 heterocycles. The Labute approximate surface area is 82.5 Å². The summed E-state index contributed by atoms with van der Waals surface area (Å²) < 4.78 is 0. The minimum absolute atomic E-state index is 0.0800. The summed E-state index contributed by atoms with van der Waals surface area (Å²) in [4.78, 5) is 11.5. The van der Waals surface area contributed by atoms with Crippen molar-refractivity contribution < 1.29 is 9.90 Å². The number of hydrogen-bond acceptors (Lipinski definition) is 3. The Bertz CT molecular complexity index is 291. The van der Waals surface area contributed by atoms with Gasteiger partial charge < -0.3 is 10.4 Å². The van der Waals surface area contributed by atoms with Crippen LogP contribution in [0.15, 0.2) is 12.3 Å². The van der Waals surface area contributed by atoms with Gasteiger partial charge in [-0.15, -0.1) is 0 Å². The van der Waals surface area contributed by atoms with Gasteiger partial charge in [0, 0.05) is 6.20 Å². The number of aliphatic hydroxyl groups is 1. The fourth-order valence-corrected chi connectivity index (χ4v) is 0.963. The number of nitrogens with one attached hydrogen (secondary N) is 2. The molecule has 5 nitrogen and oxygen atoms in total. The van der Waals surface area contributed by atoms with Crippen LogP contribution in [0, 0.1) is 0 Å². The summed E-state index contributed by atoms with van der Waals surface area (Å²) in [7, 11) is 0. The van der Waals surface area contributed by atoms with Crippen molar-refractivity contribution in [2.75, 3.05) is 6.61 Å². The molecule has 1 atom stereocenters. The van der Waals surface area contributed by atoms with Gasteiger partial charge >= 0.3 is 0 Å². The van der Waals surface area contributed by atoms with Crippen LogP contribution in [0.1, 0.15) is 30.8 Å². The molecular formula is C9H15N3O2. The van der Waals surface area contributed by atoms with Crippen LogP contribution in [0.2, 0.25) is 0 Å². The molecule has 3 N–H and O–H groups in total. The van der Waals surface area contributed by atoms with Crippen molar-refractivity contribution >= 4 is 5.91 Å². The lowest BCUT2D eigenvalue weighted by Gasteiger charge is -2.26. The van der Waals surface area contributed by atoms with Crippen LogP contribution < -0.4 is 5.32 Å². The lowest BCUT2D eigenvalue weighted by atomic mass is 10.0. The van der Waals surface area contributed by atoms with Crippen molar-refractivity contribution in [2.45, 2.75) is 25.8 Å². The van der Waals surface area contributed by atoms with E-state index < -0.39 is 5.54 Å². The van der Waals surface area contributed by atoms with Crippen LogP contribution in [0.4, 0.5) is 0 Å². The molecule has 0 aliphatic carbocycles. The van der Waals surface area contributed by atoms with E-state index in [2.05, 4.69) is 15.5 Å². The Morgan fingerprint density at radius 1 is 1.79 bits per heavy atom. The molecule has 0 bridgehead atoms. The summed E-state index contributed by atoms with van der Waals surface area (Å²) >= 11 is 0. The molecule has 1 unspecified atom stereocenters.